The molecule has 0 aliphatic carbocycles. The van der Waals surface area contributed by atoms with Gasteiger partial charge in [0.25, 0.3) is 0 Å². The van der Waals surface area contributed by atoms with E-state index in [0.29, 0.717) is 5.95 Å². The van der Waals surface area contributed by atoms with Crippen molar-refractivity contribution in [3.8, 4) is 11.1 Å². The Kier molecular flexibility index (Phi) is 5.85. The van der Waals surface area contributed by atoms with Crippen LogP contribution >= 0.6 is 0 Å². The second-order valence-corrected chi connectivity index (χ2v) is 8.75. The minimum Gasteiger partial charge on any atom is -0.369 e. The van der Waals surface area contributed by atoms with E-state index < -0.39 is 0 Å². The summed E-state index contributed by atoms with van der Waals surface area (Å²) in [7, 11) is 5.56. The summed E-state index contributed by atoms with van der Waals surface area (Å²) in [5, 5.41) is 8.51. The van der Waals surface area contributed by atoms with Gasteiger partial charge in [0.05, 0.1) is 11.7 Å². The molecule has 9 heteroatoms. The Labute approximate surface area is 198 Å². The van der Waals surface area contributed by atoms with E-state index >= 15 is 0 Å². The van der Waals surface area contributed by atoms with Crippen molar-refractivity contribution in [3.05, 3.63) is 61.1 Å². The fraction of sp³-hybridized carbons (Fsp3) is 0.280. The van der Waals surface area contributed by atoms with Gasteiger partial charge in [-0.1, -0.05) is 24.3 Å². The van der Waals surface area contributed by atoms with Crippen LogP contribution in [0, 0.1) is 0 Å². The second-order valence-electron chi connectivity index (χ2n) is 8.75. The smallest absolute Gasteiger partial charge is 0.344 e. The van der Waals surface area contributed by atoms with Crippen LogP contribution in [0.4, 0.5) is 22.1 Å². The van der Waals surface area contributed by atoms with E-state index in [0.717, 1.165) is 53.9 Å². The molecule has 0 radical (unpaired) electrons. The Morgan fingerprint density at radius 3 is 2.62 bits per heavy atom. The SMILES string of the molecule is CN1CCN(c2cccc(Nc3ncc4cccc(-c5cnn(C(=O)N(C)C)c5)c4n3)c2)CC1. The minimum atomic E-state index is -0.205. The summed E-state index contributed by atoms with van der Waals surface area (Å²) in [4.78, 5) is 27.8. The van der Waals surface area contributed by atoms with Crippen LogP contribution in [-0.4, -0.2) is 82.9 Å². The van der Waals surface area contributed by atoms with Gasteiger partial charge in [0, 0.05) is 80.6 Å². The van der Waals surface area contributed by atoms with E-state index in [1.54, 1.807) is 26.5 Å². The van der Waals surface area contributed by atoms with Gasteiger partial charge in [0.15, 0.2) is 0 Å². The van der Waals surface area contributed by atoms with E-state index in [4.69, 9.17) is 4.98 Å². The molecule has 4 aromatic rings. The van der Waals surface area contributed by atoms with Crippen molar-refractivity contribution in [3.63, 3.8) is 0 Å². The van der Waals surface area contributed by atoms with E-state index in [2.05, 4.69) is 50.4 Å². The fourth-order valence-electron chi connectivity index (χ4n) is 4.09. The number of rotatable bonds is 4. The molecule has 0 saturated carbocycles. The van der Waals surface area contributed by atoms with Crippen LogP contribution in [0.15, 0.2) is 61.1 Å². The minimum absolute atomic E-state index is 0.205. The molecule has 0 spiro atoms. The number of carbonyl (C=O) groups is 1. The summed E-state index contributed by atoms with van der Waals surface area (Å²) in [5.41, 5.74) is 4.65. The maximum atomic E-state index is 12.3. The van der Waals surface area contributed by atoms with E-state index in [1.165, 1.54) is 15.3 Å². The highest BCUT2D eigenvalue weighted by Crippen LogP contribution is 2.28. The van der Waals surface area contributed by atoms with Crippen molar-refractivity contribution in [2.24, 2.45) is 0 Å². The molecule has 1 aliphatic heterocycles. The number of carbonyl (C=O) groups excluding carboxylic acids is 1. The van der Waals surface area contributed by atoms with Crippen LogP contribution < -0.4 is 10.2 Å². The number of nitrogens with zero attached hydrogens (tertiary/aromatic N) is 7. The second kappa shape index (κ2) is 9.11. The van der Waals surface area contributed by atoms with Crippen molar-refractivity contribution in [2.45, 2.75) is 0 Å². The zero-order valence-electron chi connectivity index (χ0n) is 19.6. The third kappa shape index (κ3) is 4.42. The van der Waals surface area contributed by atoms with Gasteiger partial charge in [0.2, 0.25) is 5.95 Å². The van der Waals surface area contributed by atoms with E-state index in [-0.39, 0.29) is 6.03 Å². The zero-order chi connectivity index (χ0) is 23.7. The lowest BCUT2D eigenvalue weighted by Gasteiger charge is -2.34. The number of benzene rings is 2. The van der Waals surface area contributed by atoms with Gasteiger partial charge in [-0.25, -0.2) is 14.8 Å². The quantitative estimate of drug-likeness (QED) is 0.503. The Hall–Kier alpha value is -3.98. The molecule has 0 bridgehead atoms. The van der Waals surface area contributed by atoms with E-state index in [1.807, 2.05) is 30.5 Å². The summed E-state index contributed by atoms with van der Waals surface area (Å²) < 4.78 is 1.33. The highest BCUT2D eigenvalue weighted by atomic mass is 16.2. The number of aromatic nitrogens is 4. The predicted octanol–water partition coefficient (Wildman–Crippen LogP) is 3.52. The molecular weight excluding hydrogens is 428 g/mol. The van der Waals surface area contributed by atoms with Crippen LogP contribution in [0.2, 0.25) is 0 Å². The Morgan fingerprint density at radius 1 is 1.03 bits per heavy atom. The number of fused-ring (bicyclic) bond motifs is 1. The fourth-order valence-corrected chi connectivity index (χ4v) is 4.09. The molecule has 2 aromatic heterocycles. The standard InChI is InChI=1S/C25H28N8O/c1-30(2)25(34)33-17-19(16-27-33)22-9-4-6-18-15-26-24(29-23(18)22)28-20-7-5-8-21(14-20)32-12-10-31(3)11-13-32/h4-9,14-17H,10-13H2,1-3H3,(H,26,28,29). The number of piperazine rings is 1. The Balaban J connectivity index is 1.43. The van der Waals surface area contributed by atoms with Gasteiger partial charge in [0.1, 0.15) is 0 Å². The number of hydrogen-bond acceptors (Lipinski definition) is 7. The van der Waals surface area contributed by atoms with Gasteiger partial charge in [-0.2, -0.15) is 9.78 Å². The number of nitrogens with one attached hydrogen (secondary N) is 1. The number of hydrogen-bond donors (Lipinski definition) is 1. The highest BCUT2D eigenvalue weighted by molar-refractivity contribution is 5.94. The van der Waals surface area contributed by atoms with Gasteiger partial charge < -0.3 is 20.0 Å². The van der Waals surface area contributed by atoms with Crippen molar-refractivity contribution in [1.82, 2.24) is 29.5 Å². The lowest BCUT2D eigenvalue weighted by Crippen LogP contribution is -2.44. The molecule has 9 nitrogen and oxygen atoms in total. The summed E-state index contributed by atoms with van der Waals surface area (Å²) in [6, 6.07) is 14.1. The van der Waals surface area contributed by atoms with Crippen LogP contribution in [0.25, 0.3) is 22.0 Å². The van der Waals surface area contributed by atoms with Gasteiger partial charge >= 0.3 is 6.03 Å². The number of likely N-dealkylation sites (N-methyl/N-ethyl adjacent to an activating group) is 1. The third-order valence-electron chi connectivity index (χ3n) is 6.05. The van der Waals surface area contributed by atoms with Gasteiger partial charge in [-0.3, -0.25) is 0 Å². The number of amides is 1. The summed E-state index contributed by atoms with van der Waals surface area (Å²) in [6.45, 7) is 4.15. The first-order chi connectivity index (χ1) is 16.5. The largest absolute Gasteiger partial charge is 0.369 e. The molecule has 1 fully saturated rings. The topological polar surface area (TPSA) is 82.4 Å². The first-order valence-corrected chi connectivity index (χ1v) is 11.3. The molecule has 0 unspecified atom stereocenters. The van der Waals surface area contributed by atoms with Crippen molar-refractivity contribution < 1.29 is 4.79 Å². The average molecular weight is 457 g/mol. The first kappa shape index (κ1) is 21.8. The lowest BCUT2D eigenvalue weighted by atomic mass is 10.1. The Bertz CT molecular complexity index is 1320. The molecule has 1 N–H and O–H groups in total. The van der Waals surface area contributed by atoms with Crippen molar-refractivity contribution >= 4 is 34.3 Å². The lowest BCUT2D eigenvalue weighted by molar-refractivity contribution is 0.216. The normalized spacial score (nSPS) is 14.4. The molecule has 5 rings (SSSR count). The molecule has 1 aliphatic rings. The van der Waals surface area contributed by atoms with Crippen LogP contribution in [-0.2, 0) is 0 Å². The summed E-state index contributed by atoms with van der Waals surface area (Å²) >= 11 is 0. The monoisotopic (exact) mass is 456 g/mol. The summed E-state index contributed by atoms with van der Waals surface area (Å²) in [5.74, 6) is 0.521. The maximum absolute atomic E-state index is 12.3. The number of para-hydroxylation sites is 1. The first-order valence-electron chi connectivity index (χ1n) is 11.3. The van der Waals surface area contributed by atoms with Gasteiger partial charge in [-0.05, 0) is 25.2 Å². The molecule has 1 amide bonds. The number of anilines is 3. The van der Waals surface area contributed by atoms with Crippen molar-refractivity contribution in [2.75, 3.05) is 57.5 Å². The molecule has 2 aromatic carbocycles. The molecule has 1 saturated heterocycles. The predicted molar refractivity (Wildman–Crippen MR) is 135 cm³/mol. The van der Waals surface area contributed by atoms with Gasteiger partial charge in [-0.15, -0.1) is 0 Å². The van der Waals surface area contributed by atoms with E-state index in [9.17, 15) is 4.79 Å². The third-order valence-corrected chi connectivity index (χ3v) is 6.05. The van der Waals surface area contributed by atoms with Crippen molar-refractivity contribution in [1.29, 1.82) is 0 Å². The molecule has 3 heterocycles. The maximum Gasteiger partial charge on any atom is 0.344 e. The molecular formula is C25H28N8O. The summed E-state index contributed by atoms with van der Waals surface area (Å²) in [6.07, 6.45) is 5.23. The highest BCUT2D eigenvalue weighted by Gasteiger charge is 2.15. The molecule has 34 heavy (non-hydrogen) atoms. The Morgan fingerprint density at radius 2 is 1.82 bits per heavy atom. The van der Waals surface area contributed by atoms with Crippen LogP contribution in [0.1, 0.15) is 0 Å². The average Bonchev–Trinajstić information content (AvgIpc) is 3.34. The van der Waals surface area contributed by atoms with Crippen LogP contribution in [0.5, 0.6) is 0 Å². The van der Waals surface area contributed by atoms with Crippen LogP contribution in [0.3, 0.4) is 0 Å². The molecule has 0 atom stereocenters. The zero-order valence-corrected chi connectivity index (χ0v) is 19.6. The molecule has 174 valence electrons.